The van der Waals surface area contributed by atoms with E-state index in [1.807, 2.05) is 0 Å². The van der Waals surface area contributed by atoms with Gasteiger partial charge < -0.3 is 5.11 Å². The van der Waals surface area contributed by atoms with E-state index in [1.54, 1.807) is 0 Å². The first-order valence-electron chi connectivity index (χ1n) is 5.55. The molecule has 0 spiro atoms. The van der Waals surface area contributed by atoms with Gasteiger partial charge in [0.15, 0.2) is 0 Å². The Morgan fingerprint density at radius 1 is 1.00 bits per heavy atom. The van der Waals surface area contributed by atoms with Crippen LogP contribution < -0.4 is 0 Å². The lowest BCUT2D eigenvalue weighted by molar-refractivity contribution is 0.187. The van der Waals surface area contributed by atoms with Gasteiger partial charge in [0.05, 0.1) is 6.10 Å². The van der Waals surface area contributed by atoms with Gasteiger partial charge in [-0.3, -0.25) is 0 Å². The van der Waals surface area contributed by atoms with Crippen molar-refractivity contribution in [2.45, 2.75) is 64.4 Å². The molecule has 0 radical (unpaired) electrons. The number of rotatable bonds is 9. The normalized spacial score (nSPS) is 13.2. The van der Waals surface area contributed by atoms with Crippen molar-refractivity contribution in [1.29, 1.82) is 0 Å². The molecule has 0 bridgehead atoms. The Bertz CT molecular complexity index is 96.1. The zero-order chi connectivity index (χ0) is 9.94. The Balaban J connectivity index is 2.91. The van der Waals surface area contributed by atoms with Crippen molar-refractivity contribution in [3.05, 3.63) is 0 Å². The predicted molar refractivity (Wildman–Crippen MR) is 67.5 cm³/mol. The third-order valence-electron chi connectivity index (χ3n) is 2.32. The highest BCUT2D eigenvalue weighted by Crippen LogP contribution is 2.10. The molecule has 0 aliphatic rings. The highest BCUT2D eigenvalue weighted by Gasteiger charge is 1.99. The van der Waals surface area contributed by atoms with E-state index in [2.05, 4.69) is 29.5 Å². The molecule has 2 heteroatoms. The average molecular weight is 298 g/mol. The topological polar surface area (TPSA) is 20.2 Å². The van der Waals surface area contributed by atoms with Crippen LogP contribution in [-0.4, -0.2) is 15.6 Å². The summed E-state index contributed by atoms with van der Waals surface area (Å²) in [6.45, 7) is 2.25. The summed E-state index contributed by atoms with van der Waals surface area (Å²) in [5.74, 6) is 0. The fourth-order valence-corrected chi connectivity index (χ4v) is 1.85. The number of hydrogen-bond acceptors (Lipinski definition) is 1. The average Bonchev–Trinajstić information content (AvgIpc) is 2.16. The molecule has 0 aromatic carbocycles. The summed E-state index contributed by atoms with van der Waals surface area (Å²) in [6, 6.07) is 0. The molecule has 80 valence electrons. The maximum absolute atomic E-state index is 9.29. The van der Waals surface area contributed by atoms with Gasteiger partial charge in [-0.2, -0.15) is 0 Å². The van der Waals surface area contributed by atoms with Crippen LogP contribution in [0.15, 0.2) is 0 Å². The molecule has 0 saturated heterocycles. The van der Waals surface area contributed by atoms with E-state index in [4.69, 9.17) is 0 Å². The largest absolute Gasteiger partial charge is 0.392 e. The summed E-state index contributed by atoms with van der Waals surface area (Å²) in [4.78, 5) is 0. The van der Waals surface area contributed by atoms with E-state index in [1.165, 1.54) is 44.9 Å². The molecule has 1 N–H and O–H groups in total. The lowest BCUT2D eigenvalue weighted by atomic mass is 10.1. The maximum atomic E-state index is 9.29. The molecular formula is C11H23IO. The summed E-state index contributed by atoms with van der Waals surface area (Å²) in [5.41, 5.74) is 0. The van der Waals surface area contributed by atoms with Crippen LogP contribution in [0.3, 0.4) is 0 Å². The number of unbranched alkanes of at least 4 members (excludes halogenated alkanes) is 6. The molecule has 0 aromatic heterocycles. The molecule has 0 aliphatic carbocycles. The second-order valence-electron chi connectivity index (χ2n) is 3.72. The molecule has 0 aromatic rings. The standard InChI is InChI=1S/C11H23IO/c1-2-3-4-5-6-7-8-9-11(13)10-12/h11,13H,2-10H2,1H3. The minimum Gasteiger partial charge on any atom is -0.392 e. The SMILES string of the molecule is CCCCCCCCCC(O)CI. The fourth-order valence-electron chi connectivity index (χ4n) is 1.41. The third kappa shape index (κ3) is 10.6. The zero-order valence-corrected chi connectivity index (χ0v) is 10.9. The Morgan fingerprint density at radius 3 is 2.08 bits per heavy atom. The molecule has 0 rings (SSSR count). The van der Waals surface area contributed by atoms with E-state index >= 15 is 0 Å². The first-order chi connectivity index (χ1) is 6.31. The first kappa shape index (κ1) is 13.7. The second kappa shape index (κ2) is 10.8. The molecule has 0 fully saturated rings. The Kier molecular flexibility index (Phi) is 11.3. The minimum atomic E-state index is -0.0590. The van der Waals surface area contributed by atoms with Gasteiger partial charge in [-0.05, 0) is 6.42 Å². The van der Waals surface area contributed by atoms with Crippen LogP contribution in [0.2, 0.25) is 0 Å². The van der Waals surface area contributed by atoms with Crippen LogP contribution in [-0.2, 0) is 0 Å². The molecular weight excluding hydrogens is 275 g/mol. The smallest absolute Gasteiger partial charge is 0.0629 e. The van der Waals surface area contributed by atoms with Crippen molar-refractivity contribution in [2.75, 3.05) is 4.43 Å². The summed E-state index contributed by atoms with van der Waals surface area (Å²) < 4.78 is 0.883. The molecule has 0 heterocycles. The summed E-state index contributed by atoms with van der Waals surface area (Å²) in [7, 11) is 0. The van der Waals surface area contributed by atoms with Crippen molar-refractivity contribution < 1.29 is 5.11 Å². The number of aliphatic hydroxyl groups excluding tert-OH is 1. The summed E-state index contributed by atoms with van der Waals surface area (Å²) >= 11 is 2.24. The number of halogens is 1. The van der Waals surface area contributed by atoms with Crippen LogP contribution >= 0.6 is 22.6 Å². The van der Waals surface area contributed by atoms with Gasteiger partial charge in [-0.15, -0.1) is 0 Å². The maximum Gasteiger partial charge on any atom is 0.0629 e. The molecule has 0 amide bonds. The van der Waals surface area contributed by atoms with Gasteiger partial charge in [0.1, 0.15) is 0 Å². The van der Waals surface area contributed by atoms with Crippen molar-refractivity contribution in [3.8, 4) is 0 Å². The van der Waals surface area contributed by atoms with Crippen molar-refractivity contribution in [1.82, 2.24) is 0 Å². The van der Waals surface area contributed by atoms with Gasteiger partial charge in [-0.25, -0.2) is 0 Å². The minimum absolute atomic E-state index is 0.0590. The number of aliphatic hydroxyl groups is 1. The summed E-state index contributed by atoms with van der Waals surface area (Å²) in [6.07, 6.45) is 10.3. The van der Waals surface area contributed by atoms with Crippen LogP contribution in [0.25, 0.3) is 0 Å². The van der Waals surface area contributed by atoms with E-state index in [9.17, 15) is 5.11 Å². The molecule has 0 aliphatic heterocycles. The fraction of sp³-hybridized carbons (Fsp3) is 1.00. The molecule has 1 unspecified atom stereocenters. The van der Waals surface area contributed by atoms with E-state index in [-0.39, 0.29) is 6.10 Å². The van der Waals surface area contributed by atoms with Gasteiger partial charge in [0.2, 0.25) is 0 Å². The Morgan fingerprint density at radius 2 is 1.54 bits per heavy atom. The van der Waals surface area contributed by atoms with Crippen LogP contribution in [0.4, 0.5) is 0 Å². The van der Waals surface area contributed by atoms with Gasteiger partial charge in [0, 0.05) is 4.43 Å². The molecule has 0 saturated carbocycles. The first-order valence-corrected chi connectivity index (χ1v) is 7.07. The van der Waals surface area contributed by atoms with Crippen molar-refractivity contribution >= 4 is 22.6 Å². The molecule has 1 atom stereocenters. The molecule has 1 nitrogen and oxygen atoms in total. The van der Waals surface area contributed by atoms with Gasteiger partial charge >= 0.3 is 0 Å². The van der Waals surface area contributed by atoms with Gasteiger partial charge in [0.25, 0.3) is 0 Å². The number of hydrogen-bond donors (Lipinski definition) is 1. The lowest BCUT2D eigenvalue weighted by Gasteiger charge is -2.05. The lowest BCUT2D eigenvalue weighted by Crippen LogP contribution is -2.06. The van der Waals surface area contributed by atoms with E-state index < -0.39 is 0 Å². The predicted octanol–water partition coefficient (Wildman–Crippen LogP) is 3.92. The van der Waals surface area contributed by atoms with Crippen molar-refractivity contribution in [2.24, 2.45) is 0 Å². The highest BCUT2D eigenvalue weighted by atomic mass is 127. The van der Waals surface area contributed by atoms with E-state index in [0.717, 1.165) is 10.8 Å². The van der Waals surface area contributed by atoms with Crippen LogP contribution in [0.1, 0.15) is 58.3 Å². The molecule has 13 heavy (non-hydrogen) atoms. The van der Waals surface area contributed by atoms with Crippen LogP contribution in [0, 0.1) is 0 Å². The quantitative estimate of drug-likeness (QED) is 0.388. The summed E-state index contributed by atoms with van der Waals surface area (Å²) in [5, 5.41) is 9.29. The van der Waals surface area contributed by atoms with E-state index in [0.29, 0.717) is 0 Å². The second-order valence-corrected chi connectivity index (χ2v) is 4.60. The third-order valence-corrected chi connectivity index (χ3v) is 3.34. The van der Waals surface area contributed by atoms with Gasteiger partial charge in [-0.1, -0.05) is 74.5 Å². The highest BCUT2D eigenvalue weighted by molar-refractivity contribution is 14.1. The Labute approximate surface area is 96.4 Å². The van der Waals surface area contributed by atoms with Crippen molar-refractivity contribution in [3.63, 3.8) is 0 Å². The number of alkyl halides is 1. The monoisotopic (exact) mass is 298 g/mol. The Hall–Kier alpha value is 0.690. The zero-order valence-electron chi connectivity index (χ0n) is 8.77. The van der Waals surface area contributed by atoms with Crippen LogP contribution in [0.5, 0.6) is 0 Å².